The second kappa shape index (κ2) is 2.47. The molecule has 0 aromatic rings. The van der Waals surface area contributed by atoms with Gasteiger partial charge in [-0.15, -0.1) is 0 Å². The predicted molar refractivity (Wildman–Crippen MR) is 38.0 cm³/mol. The van der Waals surface area contributed by atoms with Crippen LogP contribution in [0.25, 0.3) is 0 Å². The molecule has 0 saturated heterocycles. The molecule has 1 rings (SSSR count). The summed E-state index contributed by atoms with van der Waals surface area (Å²) >= 11 is 0. The first-order valence-corrected chi connectivity index (χ1v) is 2.90. The summed E-state index contributed by atoms with van der Waals surface area (Å²) in [5, 5.41) is 10.1. The molecule has 0 N–H and O–H groups in total. The summed E-state index contributed by atoms with van der Waals surface area (Å²) in [4.78, 5) is 9.73. The van der Waals surface area contributed by atoms with E-state index in [-0.39, 0.29) is 5.70 Å². The van der Waals surface area contributed by atoms with Crippen LogP contribution in [0.15, 0.2) is 36.1 Å². The Hall–Kier alpha value is -1.38. The first kappa shape index (κ1) is 6.74. The summed E-state index contributed by atoms with van der Waals surface area (Å²) in [6.45, 7) is 3.61. The molecule has 0 amide bonds. The van der Waals surface area contributed by atoms with Gasteiger partial charge < -0.3 is 0 Å². The van der Waals surface area contributed by atoms with Gasteiger partial charge in [0.15, 0.2) is 0 Å². The van der Waals surface area contributed by atoms with E-state index in [1.165, 1.54) is 12.2 Å². The van der Waals surface area contributed by atoms with Gasteiger partial charge in [-0.2, -0.15) is 0 Å². The summed E-state index contributed by atoms with van der Waals surface area (Å²) in [7, 11) is 0. The molecule has 0 heterocycles. The number of allylic oxidation sites excluding steroid dienone is 4. The monoisotopic (exact) mass is 137 g/mol. The molecule has 1 aliphatic rings. The van der Waals surface area contributed by atoms with E-state index in [1.54, 1.807) is 6.08 Å². The van der Waals surface area contributed by atoms with E-state index in [0.29, 0.717) is 0 Å². The number of nitro groups is 1. The highest BCUT2D eigenvalue weighted by molar-refractivity contribution is 5.30. The molecule has 0 fully saturated rings. The highest BCUT2D eigenvalue weighted by Gasteiger charge is 2.08. The second-order valence-corrected chi connectivity index (χ2v) is 2.09. The van der Waals surface area contributed by atoms with E-state index < -0.39 is 4.92 Å². The molecule has 0 saturated carbocycles. The average Bonchev–Trinajstić information content (AvgIpc) is 1.88. The maximum Gasteiger partial charge on any atom is 0.269 e. The van der Waals surface area contributed by atoms with Gasteiger partial charge >= 0.3 is 0 Å². The Bertz CT molecular complexity index is 236. The summed E-state index contributed by atoms with van der Waals surface area (Å²) in [5.74, 6) is 0. The normalized spacial score (nSPS) is 16.8. The van der Waals surface area contributed by atoms with Crippen molar-refractivity contribution < 1.29 is 4.92 Å². The lowest BCUT2D eigenvalue weighted by Crippen LogP contribution is -1.98. The summed E-state index contributed by atoms with van der Waals surface area (Å²) in [6.07, 6.45) is 5.44. The van der Waals surface area contributed by atoms with Crippen LogP contribution in [0.2, 0.25) is 0 Å². The topological polar surface area (TPSA) is 43.1 Å². The Morgan fingerprint density at radius 3 is 2.80 bits per heavy atom. The van der Waals surface area contributed by atoms with Crippen LogP contribution in [-0.2, 0) is 0 Å². The van der Waals surface area contributed by atoms with Gasteiger partial charge in [0.1, 0.15) is 0 Å². The zero-order chi connectivity index (χ0) is 7.56. The van der Waals surface area contributed by atoms with Gasteiger partial charge in [-0.3, -0.25) is 10.1 Å². The molecule has 0 bridgehead atoms. The first-order valence-electron chi connectivity index (χ1n) is 2.90. The van der Waals surface area contributed by atoms with Gasteiger partial charge in [0.2, 0.25) is 0 Å². The summed E-state index contributed by atoms with van der Waals surface area (Å²) in [5.41, 5.74) is 0.908. The number of rotatable bonds is 1. The number of nitrogens with zero attached hydrogens (tertiary/aromatic N) is 1. The maximum atomic E-state index is 10.1. The van der Waals surface area contributed by atoms with Crippen molar-refractivity contribution in [2.45, 2.75) is 6.42 Å². The minimum atomic E-state index is -0.416. The van der Waals surface area contributed by atoms with Crippen LogP contribution in [0.5, 0.6) is 0 Å². The number of hydrogen-bond donors (Lipinski definition) is 0. The molecular formula is C7H7NO2. The molecule has 0 spiro atoms. The van der Waals surface area contributed by atoms with Crippen LogP contribution in [0.1, 0.15) is 6.42 Å². The third kappa shape index (κ3) is 1.31. The van der Waals surface area contributed by atoms with Crippen molar-refractivity contribution in [1.82, 2.24) is 0 Å². The lowest BCUT2D eigenvalue weighted by molar-refractivity contribution is -0.419. The second-order valence-electron chi connectivity index (χ2n) is 2.09. The molecule has 0 aliphatic heterocycles. The molecule has 0 unspecified atom stereocenters. The van der Waals surface area contributed by atoms with Gasteiger partial charge in [-0.25, -0.2) is 0 Å². The van der Waals surface area contributed by atoms with E-state index in [1.807, 2.05) is 0 Å². The molecule has 3 nitrogen and oxygen atoms in total. The zero-order valence-corrected chi connectivity index (χ0v) is 5.41. The smallest absolute Gasteiger partial charge is 0.258 e. The van der Waals surface area contributed by atoms with E-state index in [0.717, 1.165) is 12.0 Å². The molecule has 10 heavy (non-hydrogen) atoms. The molecule has 0 aromatic carbocycles. The predicted octanol–water partition coefficient (Wildman–Crippen LogP) is 1.66. The minimum absolute atomic E-state index is 0.122. The average molecular weight is 137 g/mol. The standard InChI is InChI=1S/C7H7NO2/c1-6-3-2-4-7(5-6)8(9)10/h2,4-5H,1,3H2. The van der Waals surface area contributed by atoms with Crippen LogP contribution < -0.4 is 0 Å². The summed E-state index contributed by atoms with van der Waals surface area (Å²) < 4.78 is 0. The largest absolute Gasteiger partial charge is 0.269 e. The Balaban J connectivity index is 2.86. The lowest BCUT2D eigenvalue weighted by Gasteiger charge is -1.99. The SMILES string of the molecule is C=C1C=C([N+](=O)[O-])C=CC1. The zero-order valence-electron chi connectivity index (χ0n) is 5.41. The van der Waals surface area contributed by atoms with Crippen molar-refractivity contribution in [3.05, 3.63) is 46.2 Å². The van der Waals surface area contributed by atoms with E-state index in [9.17, 15) is 10.1 Å². The van der Waals surface area contributed by atoms with Crippen LogP contribution in [0, 0.1) is 10.1 Å². The number of hydrogen-bond acceptors (Lipinski definition) is 2. The van der Waals surface area contributed by atoms with E-state index in [4.69, 9.17) is 0 Å². The van der Waals surface area contributed by atoms with Crippen LogP contribution in [0.4, 0.5) is 0 Å². The molecule has 52 valence electrons. The van der Waals surface area contributed by atoms with Crippen molar-refractivity contribution in [3.8, 4) is 0 Å². The third-order valence-electron chi connectivity index (χ3n) is 1.23. The maximum absolute atomic E-state index is 10.1. The van der Waals surface area contributed by atoms with Crippen molar-refractivity contribution in [1.29, 1.82) is 0 Å². The van der Waals surface area contributed by atoms with Crippen molar-refractivity contribution in [2.75, 3.05) is 0 Å². The van der Waals surface area contributed by atoms with Crippen LogP contribution >= 0.6 is 0 Å². The van der Waals surface area contributed by atoms with Gasteiger partial charge in [-0.05, 0) is 12.0 Å². The molecule has 1 aliphatic carbocycles. The summed E-state index contributed by atoms with van der Waals surface area (Å²) in [6, 6.07) is 0. The van der Waals surface area contributed by atoms with Crippen LogP contribution in [0.3, 0.4) is 0 Å². The van der Waals surface area contributed by atoms with Crippen molar-refractivity contribution in [2.24, 2.45) is 0 Å². The van der Waals surface area contributed by atoms with E-state index in [2.05, 4.69) is 6.58 Å². The first-order chi connectivity index (χ1) is 4.70. The quantitative estimate of drug-likeness (QED) is 0.407. The van der Waals surface area contributed by atoms with Gasteiger partial charge in [-0.1, -0.05) is 12.7 Å². The van der Waals surface area contributed by atoms with Gasteiger partial charge in [0, 0.05) is 12.2 Å². The fraction of sp³-hybridized carbons (Fsp3) is 0.143. The van der Waals surface area contributed by atoms with Gasteiger partial charge in [0.05, 0.1) is 4.92 Å². The molecule has 0 radical (unpaired) electrons. The third-order valence-corrected chi connectivity index (χ3v) is 1.23. The van der Waals surface area contributed by atoms with Crippen molar-refractivity contribution >= 4 is 0 Å². The van der Waals surface area contributed by atoms with Crippen molar-refractivity contribution in [3.63, 3.8) is 0 Å². The Kier molecular flexibility index (Phi) is 1.67. The molecule has 0 aromatic heterocycles. The van der Waals surface area contributed by atoms with Gasteiger partial charge in [0.25, 0.3) is 5.70 Å². The Morgan fingerprint density at radius 2 is 2.40 bits per heavy atom. The molecule has 0 atom stereocenters. The Labute approximate surface area is 58.5 Å². The fourth-order valence-electron chi connectivity index (χ4n) is 0.761. The molecule has 3 heteroatoms. The fourth-order valence-corrected chi connectivity index (χ4v) is 0.761. The molecular weight excluding hydrogens is 130 g/mol. The van der Waals surface area contributed by atoms with E-state index >= 15 is 0 Å². The Morgan fingerprint density at radius 1 is 1.70 bits per heavy atom. The lowest BCUT2D eigenvalue weighted by atomic mass is 10.1. The minimum Gasteiger partial charge on any atom is -0.258 e. The highest BCUT2D eigenvalue weighted by Crippen LogP contribution is 2.13. The highest BCUT2D eigenvalue weighted by atomic mass is 16.6. The van der Waals surface area contributed by atoms with Crippen LogP contribution in [-0.4, -0.2) is 4.92 Å².